The van der Waals surface area contributed by atoms with Gasteiger partial charge in [0.05, 0.1) is 0 Å². The average molecular weight is 415 g/mol. The van der Waals surface area contributed by atoms with E-state index in [0.717, 1.165) is 13.2 Å². The molecule has 0 saturated carbocycles. The second-order valence-electron chi connectivity index (χ2n) is 6.53. The van der Waals surface area contributed by atoms with E-state index in [1.54, 1.807) is 0 Å². The first-order chi connectivity index (χ1) is 10.8. The first kappa shape index (κ1) is 20.2. The molecule has 2 nitrogen and oxygen atoms in total. The van der Waals surface area contributed by atoms with Crippen molar-refractivity contribution in [3.05, 3.63) is 22.3 Å². The molecule has 0 atom stereocenters. The number of allylic oxidation sites excluding steroid dienone is 2. The number of hydrogen-bond donors (Lipinski definition) is 0. The van der Waals surface area contributed by atoms with Gasteiger partial charge in [0.15, 0.2) is 0 Å². The Kier molecular flexibility index (Phi) is 11.6. The predicted molar refractivity (Wildman–Crippen MR) is 98.9 cm³/mol. The fourth-order valence-electron chi connectivity index (χ4n) is 3.11. The molecule has 1 heterocycles. The van der Waals surface area contributed by atoms with Crippen molar-refractivity contribution in [2.45, 2.75) is 78.9 Å². The summed E-state index contributed by atoms with van der Waals surface area (Å²) in [5.41, 5.74) is 0. The first-order valence-corrected chi connectivity index (χ1v) is 17.1. The maximum absolute atomic E-state index is 5.45. The fourth-order valence-corrected chi connectivity index (χ4v) is 17.2. The number of hydrogen-bond acceptors (Lipinski definition) is 2. The van der Waals surface area contributed by atoms with Gasteiger partial charge in [-0.25, -0.2) is 0 Å². The Labute approximate surface area is 142 Å². The van der Waals surface area contributed by atoms with Crippen LogP contribution >= 0.6 is 0 Å². The van der Waals surface area contributed by atoms with Crippen molar-refractivity contribution in [3.63, 3.8) is 0 Å². The third-order valence-electron chi connectivity index (χ3n) is 4.56. The molecule has 0 spiro atoms. The number of rotatable bonds is 12. The second kappa shape index (κ2) is 12.6. The van der Waals surface area contributed by atoms with Crippen LogP contribution in [0.3, 0.4) is 0 Å². The van der Waals surface area contributed by atoms with Crippen molar-refractivity contribution < 1.29 is 9.47 Å². The van der Waals surface area contributed by atoms with E-state index in [9.17, 15) is 0 Å². The van der Waals surface area contributed by atoms with E-state index in [-0.39, 0.29) is 6.29 Å². The molecule has 0 bridgehead atoms. The molecule has 0 aromatic heterocycles. The summed E-state index contributed by atoms with van der Waals surface area (Å²) in [6.07, 6.45) is 14.7. The van der Waals surface area contributed by atoms with Gasteiger partial charge in [-0.15, -0.1) is 0 Å². The number of ether oxygens (including phenoxy) is 2. The molecule has 22 heavy (non-hydrogen) atoms. The van der Waals surface area contributed by atoms with Gasteiger partial charge in [-0.05, 0) is 0 Å². The van der Waals surface area contributed by atoms with Crippen LogP contribution in [0.4, 0.5) is 0 Å². The van der Waals surface area contributed by atoms with E-state index in [1.807, 2.05) is 0 Å². The molecule has 1 aliphatic heterocycles. The standard InChI is InChI=1S/C7H9O2.3C4H9.Sn/c1-2-3-4-7-8-5-6-9-7;3*1-3-4-2;/h1-4,7H,5-6H2;3*1,3-4H2,2H3;/b2-1?,4-3+;;;;. The van der Waals surface area contributed by atoms with Crippen LogP contribution in [0.1, 0.15) is 59.3 Å². The zero-order valence-corrected chi connectivity index (χ0v) is 17.8. The van der Waals surface area contributed by atoms with Crippen LogP contribution in [-0.2, 0) is 9.47 Å². The molecular formula is C19H36O2Sn. The Morgan fingerprint density at radius 1 is 0.818 bits per heavy atom. The summed E-state index contributed by atoms with van der Waals surface area (Å²) in [6.45, 7) is 8.44. The molecule has 0 unspecified atom stereocenters. The summed E-state index contributed by atoms with van der Waals surface area (Å²) in [5.74, 6) is 0. The van der Waals surface area contributed by atoms with Gasteiger partial charge in [0.2, 0.25) is 0 Å². The number of unbranched alkanes of at least 4 members (excludes halogenated alkanes) is 3. The van der Waals surface area contributed by atoms with Crippen LogP contribution in [0.15, 0.2) is 22.3 Å². The molecule has 128 valence electrons. The van der Waals surface area contributed by atoms with Gasteiger partial charge < -0.3 is 0 Å². The second-order valence-corrected chi connectivity index (χ2v) is 19.5. The Morgan fingerprint density at radius 2 is 1.32 bits per heavy atom. The van der Waals surface area contributed by atoms with Gasteiger partial charge in [-0.2, -0.15) is 0 Å². The predicted octanol–water partition coefficient (Wildman–Crippen LogP) is 5.86. The zero-order chi connectivity index (χ0) is 16.1. The van der Waals surface area contributed by atoms with E-state index in [1.165, 1.54) is 51.8 Å². The van der Waals surface area contributed by atoms with Crippen LogP contribution < -0.4 is 0 Å². The van der Waals surface area contributed by atoms with Crippen LogP contribution in [0.5, 0.6) is 0 Å². The molecule has 0 aliphatic carbocycles. The molecule has 0 aromatic carbocycles. The molecule has 3 heteroatoms. The SMILES string of the molecule is CCC[CH2][Sn](/[CH]=C/C=C/C1OCCO1)([CH2]CCC)[CH2]CCC. The monoisotopic (exact) mass is 416 g/mol. The van der Waals surface area contributed by atoms with Gasteiger partial charge in [0, 0.05) is 0 Å². The van der Waals surface area contributed by atoms with Crippen molar-refractivity contribution >= 4 is 18.4 Å². The van der Waals surface area contributed by atoms with E-state index in [0.29, 0.717) is 0 Å². The third kappa shape index (κ3) is 8.16. The van der Waals surface area contributed by atoms with E-state index >= 15 is 0 Å². The molecule has 1 fully saturated rings. The quantitative estimate of drug-likeness (QED) is 0.294. The van der Waals surface area contributed by atoms with Crippen molar-refractivity contribution in [2.75, 3.05) is 13.2 Å². The van der Waals surface area contributed by atoms with Crippen LogP contribution in [0, 0.1) is 0 Å². The Balaban J connectivity index is 2.65. The summed E-state index contributed by atoms with van der Waals surface area (Å²) in [5, 5.41) is 0. The van der Waals surface area contributed by atoms with Gasteiger partial charge in [0.25, 0.3) is 0 Å². The summed E-state index contributed by atoms with van der Waals surface area (Å²) in [6, 6.07) is 0. The Hall–Kier alpha value is 0.199. The summed E-state index contributed by atoms with van der Waals surface area (Å²) < 4.78 is 18.2. The maximum atomic E-state index is 5.45. The summed E-state index contributed by atoms with van der Waals surface area (Å²) >= 11 is -2.09. The van der Waals surface area contributed by atoms with E-state index < -0.39 is 18.4 Å². The van der Waals surface area contributed by atoms with Gasteiger partial charge in [-0.1, -0.05) is 0 Å². The zero-order valence-electron chi connectivity index (χ0n) is 15.0. The molecule has 0 radical (unpaired) electrons. The van der Waals surface area contributed by atoms with Crippen molar-refractivity contribution in [3.8, 4) is 0 Å². The summed E-state index contributed by atoms with van der Waals surface area (Å²) in [7, 11) is 0. The van der Waals surface area contributed by atoms with Crippen LogP contribution in [-0.4, -0.2) is 37.9 Å². The molecule has 0 aromatic rings. The van der Waals surface area contributed by atoms with Gasteiger partial charge in [-0.3, -0.25) is 0 Å². The fraction of sp³-hybridized carbons (Fsp3) is 0.789. The van der Waals surface area contributed by atoms with Crippen LogP contribution in [0.2, 0.25) is 13.3 Å². The third-order valence-corrected chi connectivity index (χ3v) is 18.7. The topological polar surface area (TPSA) is 18.5 Å². The normalized spacial score (nSPS) is 17.2. The minimum atomic E-state index is -2.09. The molecule has 1 aliphatic rings. The minimum absolute atomic E-state index is 0.115. The van der Waals surface area contributed by atoms with Crippen molar-refractivity contribution in [1.82, 2.24) is 0 Å². The molecule has 1 rings (SSSR count). The van der Waals surface area contributed by atoms with E-state index in [2.05, 4.69) is 43.1 Å². The summed E-state index contributed by atoms with van der Waals surface area (Å²) in [4.78, 5) is 0. The molecule has 1 saturated heterocycles. The Bertz CT molecular complexity index is 298. The van der Waals surface area contributed by atoms with E-state index in [4.69, 9.17) is 9.47 Å². The van der Waals surface area contributed by atoms with Crippen molar-refractivity contribution in [1.29, 1.82) is 0 Å². The first-order valence-electron chi connectivity index (χ1n) is 9.35. The van der Waals surface area contributed by atoms with Crippen LogP contribution in [0.25, 0.3) is 0 Å². The van der Waals surface area contributed by atoms with Gasteiger partial charge >= 0.3 is 142 Å². The molecule has 0 N–H and O–H groups in total. The average Bonchev–Trinajstić information content (AvgIpc) is 3.06. The van der Waals surface area contributed by atoms with Gasteiger partial charge in [0.1, 0.15) is 0 Å². The van der Waals surface area contributed by atoms with Crippen molar-refractivity contribution in [2.24, 2.45) is 0 Å². The molecular weight excluding hydrogens is 379 g/mol. The Morgan fingerprint density at radius 3 is 1.77 bits per heavy atom. The molecule has 0 amide bonds.